The van der Waals surface area contributed by atoms with Crippen LogP contribution < -0.4 is 10.7 Å². The molecular weight excluding hydrogens is 480 g/mol. The lowest BCUT2D eigenvalue weighted by molar-refractivity contribution is 0.234. The number of hydrogen-bond acceptors (Lipinski definition) is 5. The van der Waals surface area contributed by atoms with Crippen LogP contribution in [0.5, 0.6) is 0 Å². The van der Waals surface area contributed by atoms with Crippen molar-refractivity contribution in [1.29, 1.82) is 0 Å². The monoisotopic (exact) mass is 508 g/mol. The lowest BCUT2D eigenvalue weighted by Crippen LogP contribution is -2.32. The molecule has 6 nitrogen and oxygen atoms in total. The van der Waals surface area contributed by atoms with Gasteiger partial charge in [-0.25, -0.2) is 4.98 Å². The molecule has 37 heavy (non-hydrogen) atoms. The zero-order valence-corrected chi connectivity index (χ0v) is 21.4. The normalized spacial score (nSPS) is 14.9. The molecule has 2 aliphatic heterocycles. The van der Waals surface area contributed by atoms with Gasteiger partial charge >= 0.3 is 0 Å². The molecule has 0 radical (unpaired) electrons. The molecule has 3 heterocycles. The number of aromatic nitrogens is 3. The third-order valence-electron chi connectivity index (χ3n) is 6.87. The number of anilines is 2. The predicted octanol–water partition coefficient (Wildman–Crippen LogP) is 6.31. The summed E-state index contributed by atoms with van der Waals surface area (Å²) in [5.41, 5.74) is 6.70. The van der Waals surface area contributed by atoms with E-state index in [1.807, 2.05) is 60.8 Å². The highest BCUT2D eigenvalue weighted by Gasteiger charge is 2.17. The summed E-state index contributed by atoms with van der Waals surface area (Å²) < 4.78 is 2.24. The minimum absolute atomic E-state index is 0.711. The summed E-state index contributed by atoms with van der Waals surface area (Å²) in [4.78, 5) is 16.9. The van der Waals surface area contributed by atoms with Crippen LogP contribution in [0.15, 0.2) is 90.2 Å². The van der Waals surface area contributed by atoms with Gasteiger partial charge in [-0.3, -0.25) is 9.98 Å². The fraction of sp³-hybridized carbons (Fsp3) is 0.233. The fourth-order valence-corrected chi connectivity index (χ4v) is 5.15. The Bertz CT molecular complexity index is 1540. The molecule has 6 rings (SSSR count). The Morgan fingerprint density at radius 2 is 1.76 bits per heavy atom. The standard InChI is InChI=1S/C30H29ClN6/c31-22-10-12-24(13-11-22)37-29-9-3-2-8-25(29)35-28-19-27(34-23-7-6-14-32-21-23)26(20-30(28)37)33-15-18-36-16-4-1-5-17-36/h2-3,6-14,19-21,34H,1,4-5,15-18H2. The summed E-state index contributed by atoms with van der Waals surface area (Å²) in [6.45, 7) is 4.05. The SMILES string of the molecule is Clc1ccc(-n2c3cc(=NCCN4CCCCC4)c(Nc4cccnc4)cc-3nc3ccccc32)cc1. The van der Waals surface area contributed by atoms with Crippen LogP contribution in [0.25, 0.3) is 28.1 Å². The summed E-state index contributed by atoms with van der Waals surface area (Å²) in [6, 6.07) is 24.3. The predicted molar refractivity (Wildman–Crippen MR) is 151 cm³/mol. The van der Waals surface area contributed by atoms with E-state index in [1.54, 1.807) is 6.20 Å². The molecule has 3 aromatic rings. The van der Waals surface area contributed by atoms with E-state index in [2.05, 4.69) is 38.0 Å². The van der Waals surface area contributed by atoms with Crippen LogP contribution >= 0.6 is 11.6 Å². The minimum Gasteiger partial charge on any atom is -0.352 e. The largest absolute Gasteiger partial charge is 0.352 e. The second-order valence-electron chi connectivity index (χ2n) is 9.42. The summed E-state index contributed by atoms with van der Waals surface area (Å²) in [7, 11) is 0. The van der Waals surface area contributed by atoms with E-state index in [1.165, 1.54) is 32.4 Å². The first kappa shape index (κ1) is 23.6. The maximum atomic E-state index is 6.23. The lowest BCUT2D eigenvalue weighted by Gasteiger charge is -2.25. The third kappa shape index (κ3) is 5.22. The van der Waals surface area contributed by atoms with Crippen molar-refractivity contribution in [3.63, 3.8) is 0 Å². The van der Waals surface area contributed by atoms with E-state index in [0.717, 1.165) is 57.9 Å². The van der Waals surface area contributed by atoms with Gasteiger partial charge < -0.3 is 14.8 Å². The summed E-state index contributed by atoms with van der Waals surface area (Å²) in [5.74, 6) is 0. The Morgan fingerprint density at radius 3 is 2.57 bits per heavy atom. The zero-order chi connectivity index (χ0) is 25.0. The van der Waals surface area contributed by atoms with Crippen molar-refractivity contribution in [2.45, 2.75) is 19.3 Å². The van der Waals surface area contributed by atoms with Crippen LogP contribution in [0, 0.1) is 0 Å². The molecule has 1 fully saturated rings. The number of halogens is 1. The maximum Gasteiger partial charge on any atom is 0.0900 e. The van der Waals surface area contributed by atoms with Crippen LogP contribution in [0.4, 0.5) is 11.4 Å². The number of piperidine rings is 1. The van der Waals surface area contributed by atoms with E-state index < -0.39 is 0 Å². The van der Waals surface area contributed by atoms with E-state index in [0.29, 0.717) is 5.02 Å². The van der Waals surface area contributed by atoms with Gasteiger partial charge in [-0.1, -0.05) is 30.2 Å². The van der Waals surface area contributed by atoms with Crippen molar-refractivity contribution in [1.82, 2.24) is 19.4 Å². The van der Waals surface area contributed by atoms with Crippen LogP contribution in [-0.4, -0.2) is 45.6 Å². The Morgan fingerprint density at radius 1 is 0.919 bits per heavy atom. The molecule has 0 amide bonds. The molecule has 1 aromatic heterocycles. The topological polar surface area (TPSA) is 58.3 Å². The number of hydrogen-bond donors (Lipinski definition) is 1. The number of pyridine rings is 1. The van der Waals surface area contributed by atoms with Gasteiger partial charge in [0.2, 0.25) is 0 Å². The van der Waals surface area contributed by atoms with Gasteiger partial charge in [0.15, 0.2) is 0 Å². The van der Waals surface area contributed by atoms with Crippen LogP contribution in [-0.2, 0) is 0 Å². The number of nitrogens with one attached hydrogen (secondary N) is 1. The Balaban J connectivity index is 1.52. The van der Waals surface area contributed by atoms with Gasteiger partial charge in [-0.05, 0) is 86.6 Å². The van der Waals surface area contributed by atoms with Crippen molar-refractivity contribution in [2.24, 2.45) is 4.99 Å². The minimum atomic E-state index is 0.711. The van der Waals surface area contributed by atoms with E-state index in [9.17, 15) is 0 Å². The average molecular weight is 509 g/mol. The summed E-state index contributed by atoms with van der Waals surface area (Å²) in [5, 5.41) is 5.15. The molecule has 0 bridgehead atoms. The molecule has 0 unspecified atom stereocenters. The zero-order valence-electron chi connectivity index (χ0n) is 20.6. The molecule has 1 aliphatic carbocycles. The molecule has 186 valence electrons. The van der Waals surface area contributed by atoms with E-state index in [4.69, 9.17) is 21.6 Å². The molecular formula is C30H29ClN6. The van der Waals surface area contributed by atoms with Gasteiger partial charge in [0.25, 0.3) is 0 Å². The molecule has 0 atom stereocenters. The van der Waals surface area contributed by atoms with Gasteiger partial charge in [0.1, 0.15) is 0 Å². The van der Waals surface area contributed by atoms with Crippen LogP contribution in [0.2, 0.25) is 5.02 Å². The van der Waals surface area contributed by atoms with Crippen LogP contribution in [0.1, 0.15) is 19.3 Å². The van der Waals surface area contributed by atoms with Crippen LogP contribution in [0.3, 0.4) is 0 Å². The summed E-state index contributed by atoms with van der Waals surface area (Å²) in [6.07, 6.45) is 7.50. The van der Waals surface area contributed by atoms with Crippen molar-refractivity contribution < 1.29 is 0 Å². The highest BCUT2D eigenvalue weighted by Crippen LogP contribution is 2.30. The Kier molecular flexibility index (Phi) is 6.84. The molecule has 1 saturated heterocycles. The van der Waals surface area contributed by atoms with Gasteiger partial charge in [0.05, 0.1) is 51.9 Å². The van der Waals surface area contributed by atoms with Gasteiger partial charge in [-0.2, -0.15) is 0 Å². The van der Waals surface area contributed by atoms with Gasteiger partial charge in [0, 0.05) is 23.5 Å². The van der Waals surface area contributed by atoms with E-state index >= 15 is 0 Å². The lowest BCUT2D eigenvalue weighted by atomic mass is 10.1. The Labute approximate surface area is 221 Å². The van der Waals surface area contributed by atoms with Crippen molar-refractivity contribution in [3.8, 4) is 17.1 Å². The van der Waals surface area contributed by atoms with Crippen molar-refractivity contribution >= 4 is 34.0 Å². The van der Waals surface area contributed by atoms with Crippen molar-refractivity contribution in [3.05, 3.63) is 95.6 Å². The molecule has 1 N–H and O–H groups in total. The highest BCUT2D eigenvalue weighted by atomic mass is 35.5. The maximum absolute atomic E-state index is 6.23. The second-order valence-corrected chi connectivity index (χ2v) is 9.86. The molecule has 0 spiro atoms. The van der Waals surface area contributed by atoms with E-state index in [-0.39, 0.29) is 0 Å². The summed E-state index contributed by atoms with van der Waals surface area (Å²) >= 11 is 6.23. The number of likely N-dealkylation sites (tertiary alicyclic amines) is 1. The van der Waals surface area contributed by atoms with Crippen molar-refractivity contribution in [2.75, 3.05) is 31.5 Å². The van der Waals surface area contributed by atoms with Gasteiger partial charge in [-0.15, -0.1) is 0 Å². The first-order chi connectivity index (χ1) is 18.2. The number of rotatable bonds is 6. The fourth-order valence-electron chi connectivity index (χ4n) is 5.03. The first-order valence-electron chi connectivity index (χ1n) is 12.9. The molecule has 2 aromatic carbocycles. The molecule has 0 saturated carbocycles. The number of fused-ring (bicyclic) bond motifs is 2. The number of para-hydroxylation sites is 2. The smallest absolute Gasteiger partial charge is 0.0900 e. The second kappa shape index (κ2) is 10.7. The first-order valence-corrected chi connectivity index (χ1v) is 13.2. The average Bonchev–Trinajstić information content (AvgIpc) is 2.94. The highest BCUT2D eigenvalue weighted by molar-refractivity contribution is 6.30. The molecule has 7 heteroatoms. The third-order valence-corrected chi connectivity index (χ3v) is 7.12. The quantitative estimate of drug-likeness (QED) is 0.273. The molecule has 3 aliphatic rings. The number of nitrogens with zero attached hydrogens (tertiary/aromatic N) is 5. The number of benzene rings is 3. The Hall–Kier alpha value is -3.74.